The van der Waals surface area contributed by atoms with Gasteiger partial charge in [-0.1, -0.05) is 231 Å². The third-order valence-corrected chi connectivity index (χ3v) is 19.6. The predicted molar refractivity (Wildman–Crippen MR) is 338 cm³/mol. The second-order valence-electron chi connectivity index (χ2n) is 23.3. The van der Waals surface area contributed by atoms with Gasteiger partial charge >= 0.3 is 0 Å². The van der Waals surface area contributed by atoms with Gasteiger partial charge in [-0.3, -0.25) is 0 Å². The number of para-hydroxylation sites is 4. The molecule has 6 aliphatic rings. The summed E-state index contributed by atoms with van der Waals surface area (Å²) in [6, 6.07) is 111. The average Bonchev–Trinajstić information content (AvgIpc) is 1.54. The van der Waals surface area contributed by atoms with E-state index in [0.29, 0.717) is 0 Å². The first-order chi connectivity index (χ1) is 41.6. The normalized spacial score (nSPS) is 14.9. The fourth-order valence-electron chi connectivity index (χ4n) is 16.5. The van der Waals surface area contributed by atoms with Crippen molar-refractivity contribution in [2.24, 2.45) is 0 Å². The maximum absolute atomic E-state index is 6.83. The summed E-state index contributed by atoms with van der Waals surface area (Å²) in [4.78, 5) is 2.52. The molecule has 0 N–H and O–H groups in total. The molecule has 0 amide bonds. The van der Waals surface area contributed by atoms with Gasteiger partial charge < -0.3 is 14.4 Å². The lowest BCUT2D eigenvalue weighted by Gasteiger charge is -2.39. The minimum atomic E-state index is -0.652. The van der Waals surface area contributed by atoms with E-state index >= 15 is 0 Å². The van der Waals surface area contributed by atoms with Crippen molar-refractivity contribution in [1.29, 1.82) is 0 Å². The van der Waals surface area contributed by atoms with Crippen molar-refractivity contribution in [3.05, 3.63) is 364 Å². The van der Waals surface area contributed by atoms with Gasteiger partial charge in [-0.05, 0) is 167 Å². The van der Waals surface area contributed by atoms with Crippen molar-refractivity contribution < 1.29 is 9.47 Å². The summed E-state index contributed by atoms with van der Waals surface area (Å²) in [5.41, 5.74) is 28.6. The molecule has 0 saturated carbocycles. The second kappa shape index (κ2) is 16.7. The number of hydrogen-bond acceptors (Lipinski definition) is 3. The van der Waals surface area contributed by atoms with Gasteiger partial charge in [0.2, 0.25) is 0 Å². The summed E-state index contributed by atoms with van der Waals surface area (Å²) >= 11 is 0. The minimum absolute atomic E-state index is 0.527. The number of fused-ring (bicyclic) bond motifs is 28. The molecule has 0 radical (unpaired) electrons. The van der Waals surface area contributed by atoms with Gasteiger partial charge in [0.1, 0.15) is 23.0 Å². The summed E-state index contributed by atoms with van der Waals surface area (Å²) in [7, 11) is 0. The van der Waals surface area contributed by atoms with E-state index in [2.05, 4.69) is 302 Å². The standard InChI is InChI=1S/C81H49NO2/c1-6-27-63-55(22-1)56-23-2-7-28-64(56)79(63)65-29-8-3-25-58(65)61-44-41-53(48-73(61)79)82(54-42-45-62-59-26-5-10-31-67(59)81(74(62)49-54)70-34-13-17-38-77(70)84-78-39-18-14-35-71(78)81)52-21-19-20-50(46-52)51-40-43-60-57-24-4-9-30-66(57)80(72(60)47-51)68-32-11-15-36-75(68)83-76-37-16-12-33-69(76)80/h1-49H. The molecule has 2 heterocycles. The molecule has 19 rings (SSSR count). The van der Waals surface area contributed by atoms with E-state index < -0.39 is 16.2 Å². The summed E-state index contributed by atoms with van der Waals surface area (Å²) in [6.45, 7) is 0. The summed E-state index contributed by atoms with van der Waals surface area (Å²) in [6.07, 6.45) is 0. The average molecular weight is 1070 g/mol. The molecule has 0 saturated heterocycles. The van der Waals surface area contributed by atoms with Crippen molar-refractivity contribution in [3.63, 3.8) is 0 Å². The molecular weight excluding hydrogens is 1020 g/mol. The fraction of sp³-hybridized carbons (Fsp3) is 0.0370. The molecule has 390 valence electrons. The number of hydrogen-bond donors (Lipinski definition) is 0. The van der Waals surface area contributed by atoms with Crippen LogP contribution in [0.1, 0.15) is 66.8 Å². The van der Waals surface area contributed by atoms with Gasteiger partial charge in [-0.15, -0.1) is 0 Å². The smallest absolute Gasteiger partial charge is 0.132 e. The highest BCUT2D eigenvalue weighted by Crippen LogP contribution is 2.67. The second-order valence-corrected chi connectivity index (χ2v) is 23.3. The van der Waals surface area contributed by atoms with Crippen molar-refractivity contribution in [2.75, 3.05) is 4.90 Å². The summed E-state index contributed by atoms with van der Waals surface area (Å²) in [5.74, 6) is 3.53. The van der Waals surface area contributed by atoms with Gasteiger partial charge in [-0.2, -0.15) is 0 Å². The number of benzene rings is 13. The minimum Gasteiger partial charge on any atom is -0.457 e. The quantitative estimate of drug-likeness (QED) is 0.175. The van der Waals surface area contributed by atoms with Crippen LogP contribution in [-0.4, -0.2) is 0 Å². The molecule has 0 atom stereocenters. The Morgan fingerprint density at radius 2 is 0.464 bits per heavy atom. The molecule has 4 aliphatic carbocycles. The Hall–Kier alpha value is -10.7. The zero-order valence-corrected chi connectivity index (χ0v) is 45.6. The highest BCUT2D eigenvalue weighted by molar-refractivity contribution is 5.98. The van der Waals surface area contributed by atoms with Crippen molar-refractivity contribution in [3.8, 4) is 78.6 Å². The Labute approximate surface area is 487 Å². The van der Waals surface area contributed by atoms with Gasteiger partial charge in [0.25, 0.3) is 0 Å². The van der Waals surface area contributed by atoms with Crippen molar-refractivity contribution >= 4 is 17.1 Å². The molecule has 0 unspecified atom stereocenters. The Bertz CT molecular complexity index is 4870. The Kier molecular flexibility index (Phi) is 9.13. The lowest BCUT2D eigenvalue weighted by Crippen LogP contribution is -2.32. The first-order valence-electron chi connectivity index (χ1n) is 29.2. The predicted octanol–water partition coefficient (Wildman–Crippen LogP) is 20.1. The van der Waals surface area contributed by atoms with E-state index in [1.54, 1.807) is 0 Å². The first kappa shape index (κ1) is 45.9. The van der Waals surface area contributed by atoms with E-state index in [-0.39, 0.29) is 0 Å². The van der Waals surface area contributed by atoms with Crippen LogP contribution in [0.15, 0.2) is 297 Å². The molecule has 0 fully saturated rings. The van der Waals surface area contributed by atoms with E-state index in [1.165, 1.54) is 89.0 Å². The Morgan fingerprint density at radius 1 is 0.190 bits per heavy atom. The van der Waals surface area contributed by atoms with Gasteiger partial charge in [0.05, 0.1) is 16.2 Å². The van der Waals surface area contributed by atoms with E-state index in [1.807, 2.05) is 0 Å². The highest BCUT2D eigenvalue weighted by atomic mass is 16.5. The van der Waals surface area contributed by atoms with Crippen LogP contribution in [0.2, 0.25) is 0 Å². The van der Waals surface area contributed by atoms with Crippen LogP contribution in [0.3, 0.4) is 0 Å². The van der Waals surface area contributed by atoms with Crippen LogP contribution in [0.5, 0.6) is 23.0 Å². The van der Waals surface area contributed by atoms with E-state index in [4.69, 9.17) is 9.47 Å². The van der Waals surface area contributed by atoms with E-state index in [9.17, 15) is 0 Å². The number of nitrogens with zero attached hydrogens (tertiary/aromatic N) is 1. The molecule has 3 heteroatoms. The zero-order valence-electron chi connectivity index (χ0n) is 45.6. The van der Waals surface area contributed by atoms with Crippen LogP contribution >= 0.6 is 0 Å². The zero-order chi connectivity index (χ0) is 54.9. The highest BCUT2D eigenvalue weighted by Gasteiger charge is 2.54. The fourth-order valence-corrected chi connectivity index (χ4v) is 16.5. The van der Waals surface area contributed by atoms with Crippen LogP contribution < -0.4 is 14.4 Å². The molecule has 84 heavy (non-hydrogen) atoms. The van der Waals surface area contributed by atoms with Crippen LogP contribution in [0, 0.1) is 0 Å². The SMILES string of the molecule is c1cc(-c2ccc3c(c2)C2(c4ccccc4Oc4ccccc42)c2ccccc2-3)cc(N(c2ccc3c(c2)C2(c4ccccc4Oc4ccccc42)c2ccccc2-3)c2ccc3c(c2)C2(c4ccccc4-c4ccccc42)c2ccccc2-3)c1. The lowest BCUT2D eigenvalue weighted by atomic mass is 9.66. The van der Waals surface area contributed by atoms with Crippen LogP contribution in [-0.2, 0) is 16.2 Å². The first-order valence-corrected chi connectivity index (χ1v) is 29.2. The van der Waals surface area contributed by atoms with Gasteiger partial charge in [0, 0.05) is 39.3 Å². The molecule has 0 aromatic heterocycles. The molecule has 13 aromatic carbocycles. The number of ether oxygens (including phenoxy) is 2. The number of rotatable bonds is 4. The van der Waals surface area contributed by atoms with Crippen molar-refractivity contribution in [1.82, 2.24) is 0 Å². The largest absolute Gasteiger partial charge is 0.457 e. The molecular formula is C81H49NO2. The van der Waals surface area contributed by atoms with E-state index in [0.717, 1.165) is 73.4 Å². The molecule has 3 nitrogen and oxygen atoms in total. The third kappa shape index (κ3) is 5.66. The van der Waals surface area contributed by atoms with Crippen LogP contribution in [0.25, 0.3) is 55.6 Å². The third-order valence-electron chi connectivity index (χ3n) is 19.6. The Balaban J connectivity index is 0.860. The summed E-state index contributed by atoms with van der Waals surface area (Å²) in [5, 5.41) is 0. The van der Waals surface area contributed by atoms with Gasteiger partial charge in [-0.25, -0.2) is 0 Å². The Morgan fingerprint density at radius 3 is 0.845 bits per heavy atom. The van der Waals surface area contributed by atoms with Crippen molar-refractivity contribution in [2.45, 2.75) is 16.2 Å². The van der Waals surface area contributed by atoms with Gasteiger partial charge in [0.15, 0.2) is 0 Å². The molecule has 0 bridgehead atoms. The van der Waals surface area contributed by atoms with Crippen LogP contribution in [0.4, 0.5) is 17.1 Å². The molecule has 2 aliphatic heterocycles. The lowest BCUT2D eigenvalue weighted by molar-refractivity contribution is 0.436. The molecule has 13 aromatic rings. The maximum atomic E-state index is 6.83. The number of anilines is 3. The molecule has 3 spiro atoms. The summed E-state index contributed by atoms with van der Waals surface area (Å²) < 4.78 is 13.6. The topological polar surface area (TPSA) is 21.7 Å². The monoisotopic (exact) mass is 1070 g/mol. The maximum Gasteiger partial charge on any atom is 0.132 e.